The van der Waals surface area contributed by atoms with E-state index in [2.05, 4.69) is 34.0 Å². The van der Waals surface area contributed by atoms with Gasteiger partial charge in [-0.1, -0.05) is 13.8 Å². The molecule has 0 radical (unpaired) electrons. The number of aromatic nitrogens is 2. The van der Waals surface area contributed by atoms with Crippen LogP contribution in [0.25, 0.3) is 0 Å². The van der Waals surface area contributed by atoms with Crippen LogP contribution in [0.5, 0.6) is 0 Å². The van der Waals surface area contributed by atoms with Gasteiger partial charge >= 0.3 is 0 Å². The third-order valence-corrected chi connectivity index (χ3v) is 2.92. The monoisotopic (exact) mass is 274 g/mol. The van der Waals surface area contributed by atoms with E-state index in [9.17, 15) is 0 Å². The zero-order valence-electron chi connectivity index (χ0n) is 12.3. The molecule has 0 fully saturated rings. The van der Waals surface area contributed by atoms with Crippen molar-refractivity contribution in [2.45, 2.75) is 26.9 Å². The van der Waals surface area contributed by atoms with E-state index in [0.29, 0.717) is 5.92 Å². The smallest absolute Gasteiger partial charge is 0.147 e. The number of rotatable bonds is 7. The van der Waals surface area contributed by atoms with Gasteiger partial charge in [0.05, 0.1) is 24.4 Å². The Morgan fingerprint density at radius 3 is 2.90 bits per heavy atom. The molecule has 1 N–H and O–H groups in total. The van der Waals surface area contributed by atoms with Crippen LogP contribution in [0, 0.1) is 5.92 Å². The van der Waals surface area contributed by atoms with Crippen LogP contribution in [0.4, 0.5) is 5.82 Å². The zero-order valence-corrected chi connectivity index (χ0v) is 12.3. The van der Waals surface area contributed by atoms with Crippen LogP contribution in [-0.4, -0.2) is 23.6 Å². The molecule has 0 saturated heterocycles. The molecule has 2 rings (SSSR count). The highest BCUT2D eigenvalue weighted by Crippen LogP contribution is 2.12. The first kappa shape index (κ1) is 14.5. The van der Waals surface area contributed by atoms with E-state index in [4.69, 9.17) is 4.42 Å². The summed E-state index contributed by atoms with van der Waals surface area (Å²) in [7, 11) is 2.00. The van der Waals surface area contributed by atoms with E-state index in [1.54, 1.807) is 18.7 Å². The molecule has 0 unspecified atom stereocenters. The lowest BCUT2D eigenvalue weighted by atomic mass is 10.2. The number of hydrogen-bond donors (Lipinski definition) is 1. The lowest BCUT2D eigenvalue weighted by molar-refractivity contribution is 0.547. The molecule has 20 heavy (non-hydrogen) atoms. The van der Waals surface area contributed by atoms with Crippen LogP contribution in [0.1, 0.15) is 25.1 Å². The van der Waals surface area contributed by atoms with E-state index < -0.39 is 0 Å². The summed E-state index contributed by atoms with van der Waals surface area (Å²) in [5.74, 6) is 1.50. The summed E-state index contributed by atoms with van der Waals surface area (Å²) in [6, 6.07) is 1.96. The van der Waals surface area contributed by atoms with Gasteiger partial charge in [-0.2, -0.15) is 0 Å². The van der Waals surface area contributed by atoms with Gasteiger partial charge < -0.3 is 14.6 Å². The number of hydrogen-bond acceptors (Lipinski definition) is 5. The molecule has 0 aliphatic heterocycles. The minimum absolute atomic E-state index is 0.634. The van der Waals surface area contributed by atoms with E-state index >= 15 is 0 Å². The summed E-state index contributed by atoms with van der Waals surface area (Å²) in [5, 5.41) is 3.38. The number of nitrogens with zero attached hydrogens (tertiary/aromatic N) is 3. The molecule has 2 heterocycles. The largest absolute Gasteiger partial charge is 0.472 e. The molecule has 2 aromatic heterocycles. The van der Waals surface area contributed by atoms with E-state index in [1.165, 1.54) is 0 Å². The molecular formula is C15H22N4O. The van der Waals surface area contributed by atoms with Gasteiger partial charge in [0.1, 0.15) is 5.82 Å². The Bertz CT molecular complexity index is 510. The minimum atomic E-state index is 0.634. The second-order valence-corrected chi connectivity index (χ2v) is 5.38. The highest BCUT2D eigenvalue weighted by Gasteiger charge is 2.06. The lowest BCUT2D eigenvalue weighted by Gasteiger charge is -2.17. The van der Waals surface area contributed by atoms with E-state index in [1.807, 2.05) is 19.3 Å². The second-order valence-electron chi connectivity index (χ2n) is 5.38. The Labute approximate surface area is 120 Å². The van der Waals surface area contributed by atoms with Crippen molar-refractivity contribution in [1.29, 1.82) is 0 Å². The van der Waals surface area contributed by atoms with Gasteiger partial charge in [-0.3, -0.25) is 4.98 Å². The topological polar surface area (TPSA) is 54.2 Å². The van der Waals surface area contributed by atoms with Crippen molar-refractivity contribution < 1.29 is 4.42 Å². The van der Waals surface area contributed by atoms with Crippen molar-refractivity contribution in [3.63, 3.8) is 0 Å². The maximum Gasteiger partial charge on any atom is 0.147 e. The Morgan fingerprint density at radius 2 is 2.20 bits per heavy atom. The quantitative estimate of drug-likeness (QED) is 0.840. The number of nitrogens with one attached hydrogen (secondary N) is 1. The molecule has 0 atom stereocenters. The summed E-state index contributed by atoms with van der Waals surface area (Å²) >= 11 is 0. The Morgan fingerprint density at radius 1 is 1.35 bits per heavy atom. The number of anilines is 1. The van der Waals surface area contributed by atoms with Crippen molar-refractivity contribution in [2.24, 2.45) is 5.92 Å². The normalized spacial score (nSPS) is 11.0. The zero-order chi connectivity index (χ0) is 14.4. The van der Waals surface area contributed by atoms with Crippen molar-refractivity contribution in [1.82, 2.24) is 15.3 Å². The summed E-state index contributed by atoms with van der Waals surface area (Å²) in [4.78, 5) is 10.9. The van der Waals surface area contributed by atoms with Gasteiger partial charge in [-0.25, -0.2) is 4.98 Å². The third kappa shape index (κ3) is 4.35. The summed E-state index contributed by atoms with van der Waals surface area (Å²) in [5.41, 5.74) is 2.08. The molecular weight excluding hydrogens is 252 g/mol. The van der Waals surface area contributed by atoms with Crippen LogP contribution in [0.2, 0.25) is 0 Å². The standard InChI is InChI=1S/C15H22N4O/c1-12(2)6-16-7-14-8-17-9-15(18-14)19(3)10-13-4-5-20-11-13/h4-5,8-9,11-12,16H,6-7,10H2,1-3H3. The van der Waals surface area contributed by atoms with Crippen molar-refractivity contribution in [3.05, 3.63) is 42.2 Å². The minimum Gasteiger partial charge on any atom is -0.472 e. The summed E-state index contributed by atoms with van der Waals surface area (Å²) in [6.07, 6.45) is 7.02. The fourth-order valence-electron chi connectivity index (χ4n) is 1.89. The van der Waals surface area contributed by atoms with Gasteiger partial charge in [0.2, 0.25) is 0 Å². The fourth-order valence-corrected chi connectivity index (χ4v) is 1.89. The molecule has 5 heteroatoms. The predicted octanol–water partition coefficient (Wildman–Crippen LogP) is 2.45. The van der Waals surface area contributed by atoms with Crippen LogP contribution < -0.4 is 10.2 Å². The first-order valence-corrected chi connectivity index (χ1v) is 6.89. The Hall–Kier alpha value is -1.88. The highest BCUT2D eigenvalue weighted by atomic mass is 16.3. The molecule has 0 aliphatic carbocycles. The van der Waals surface area contributed by atoms with Crippen LogP contribution >= 0.6 is 0 Å². The SMILES string of the molecule is CC(C)CNCc1cncc(N(C)Cc2ccoc2)n1. The lowest BCUT2D eigenvalue weighted by Crippen LogP contribution is -2.22. The van der Waals surface area contributed by atoms with Crippen LogP contribution in [0.3, 0.4) is 0 Å². The molecule has 2 aromatic rings. The average Bonchev–Trinajstić information content (AvgIpc) is 2.91. The third-order valence-electron chi connectivity index (χ3n) is 2.92. The summed E-state index contributed by atoms with van der Waals surface area (Å²) < 4.78 is 5.08. The maximum atomic E-state index is 5.08. The van der Waals surface area contributed by atoms with Crippen LogP contribution in [-0.2, 0) is 13.1 Å². The summed E-state index contributed by atoms with van der Waals surface area (Å²) in [6.45, 7) is 6.87. The average molecular weight is 274 g/mol. The molecule has 0 saturated carbocycles. The molecule has 0 bridgehead atoms. The van der Waals surface area contributed by atoms with Gasteiger partial charge in [-0.15, -0.1) is 0 Å². The van der Waals surface area contributed by atoms with Gasteiger partial charge in [0.15, 0.2) is 0 Å². The maximum absolute atomic E-state index is 5.08. The molecule has 0 aromatic carbocycles. The molecule has 0 spiro atoms. The molecule has 108 valence electrons. The first-order chi connectivity index (χ1) is 9.65. The fraction of sp³-hybridized carbons (Fsp3) is 0.467. The first-order valence-electron chi connectivity index (χ1n) is 6.89. The predicted molar refractivity (Wildman–Crippen MR) is 79.4 cm³/mol. The molecule has 5 nitrogen and oxygen atoms in total. The second kappa shape index (κ2) is 7.05. The van der Waals surface area contributed by atoms with Crippen molar-refractivity contribution in [3.8, 4) is 0 Å². The van der Waals surface area contributed by atoms with Crippen LogP contribution in [0.15, 0.2) is 35.4 Å². The van der Waals surface area contributed by atoms with E-state index in [-0.39, 0.29) is 0 Å². The van der Waals surface area contributed by atoms with E-state index in [0.717, 1.165) is 36.7 Å². The molecule has 0 aliphatic rings. The van der Waals surface area contributed by atoms with Crippen molar-refractivity contribution in [2.75, 3.05) is 18.5 Å². The number of furan rings is 1. The van der Waals surface area contributed by atoms with Crippen molar-refractivity contribution >= 4 is 5.82 Å². The Balaban J connectivity index is 1.94. The van der Waals surface area contributed by atoms with Gasteiger partial charge in [0, 0.05) is 31.9 Å². The van der Waals surface area contributed by atoms with Gasteiger partial charge in [0.25, 0.3) is 0 Å². The Kier molecular flexibility index (Phi) is 5.12. The molecule has 0 amide bonds. The highest BCUT2D eigenvalue weighted by molar-refractivity contribution is 5.36. The van der Waals surface area contributed by atoms with Gasteiger partial charge in [-0.05, 0) is 18.5 Å².